The van der Waals surface area contributed by atoms with Gasteiger partial charge in [-0.3, -0.25) is 4.79 Å². The second kappa shape index (κ2) is 6.35. The number of aryl methyl sites for hydroxylation is 1. The number of anilines is 1. The predicted octanol–water partition coefficient (Wildman–Crippen LogP) is 4.96. The number of benzene rings is 1. The standard InChI is InChI=1S/C18H17ClN2OS/c1-10-4-6-13(15(19)7-10)17(22)21-18-14(9-20)12-5-3-11(2)8-16(12)23-18/h4,6-7,11H,3,5,8H2,1-2H3,(H,21,22). The first kappa shape index (κ1) is 16.0. The summed E-state index contributed by atoms with van der Waals surface area (Å²) in [7, 11) is 0. The number of rotatable bonds is 2. The van der Waals surface area contributed by atoms with Gasteiger partial charge in [0.1, 0.15) is 11.1 Å². The maximum absolute atomic E-state index is 12.5. The van der Waals surface area contributed by atoms with Crippen molar-refractivity contribution in [3.8, 4) is 6.07 Å². The quantitative estimate of drug-likeness (QED) is 0.837. The van der Waals surface area contributed by atoms with Gasteiger partial charge in [-0.1, -0.05) is 24.6 Å². The van der Waals surface area contributed by atoms with Crippen molar-refractivity contribution in [2.75, 3.05) is 5.32 Å². The molecule has 5 heteroatoms. The summed E-state index contributed by atoms with van der Waals surface area (Å²) in [4.78, 5) is 13.7. The Bertz CT molecular complexity index is 819. The molecule has 1 aliphatic carbocycles. The molecule has 2 aromatic rings. The second-order valence-corrected chi connectivity index (χ2v) is 7.62. The molecular formula is C18H17ClN2OS. The van der Waals surface area contributed by atoms with Crippen molar-refractivity contribution in [1.29, 1.82) is 5.26 Å². The van der Waals surface area contributed by atoms with E-state index in [4.69, 9.17) is 11.6 Å². The molecule has 1 atom stereocenters. The summed E-state index contributed by atoms with van der Waals surface area (Å²) in [6, 6.07) is 7.60. The molecule has 1 aliphatic rings. The number of nitriles is 1. The van der Waals surface area contributed by atoms with Crippen molar-refractivity contribution in [2.24, 2.45) is 5.92 Å². The van der Waals surface area contributed by atoms with Crippen molar-refractivity contribution in [2.45, 2.75) is 33.1 Å². The number of thiophene rings is 1. The van der Waals surface area contributed by atoms with E-state index in [1.165, 1.54) is 16.2 Å². The van der Waals surface area contributed by atoms with E-state index in [0.29, 0.717) is 27.1 Å². The lowest BCUT2D eigenvalue weighted by Gasteiger charge is -2.17. The molecule has 0 spiro atoms. The van der Waals surface area contributed by atoms with E-state index >= 15 is 0 Å². The van der Waals surface area contributed by atoms with Gasteiger partial charge in [-0.25, -0.2) is 0 Å². The van der Waals surface area contributed by atoms with Crippen molar-refractivity contribution < 1.29 is 4.79 Å². The van der Waals surface area contributed by atoms with E-state index < -0.39 is 0 Å². The summed E-state index contributed by atoms with van der Waals surface area (Å²) in [5.74, 6) is 0.362. The number of carbonyl (C=O) groups excluding carboxylic acids is 1. The number of halogens is 1. The minimum atomic E-state index is -0.266. The van der Waals surface area contributed by atoms with E-state index in [1.54, 1.807) is 12.1 Å². The number of nitrogens with zero attached hydrogens (tertiary/aromatic N) is 1. The number of carbonyl (C=O) groups is 1. The Labute approximate surface area is 144 Å². The number of hydrogen-bond donors (Lipinski definition) is 1. The molecule has 1 aromatic heterocycles. The highest BCUT2D eigenvalue weighted by Crippen LogP contribution is 2.39. The second-order valence-electron chi connectivity index (χ2n) is 6.11. The molecule has 0 saturated heterocycles. The summed E-state index contributed by atoms with van der Waals surface area (Å²) in [5, 5.41) is 13.4. The normalized spacial score (nSPS) is 16.5. The first-order valence-electron chi connectivity index (χ1n) is 7.61. The average molecular weight is 345 g/mol. The lowest BCUT2D eigenvalue weighted by molar-refractivity contribution is 0.102. The smallest absolute Gasteiger partial charge is 0.257 e. The molecule has 1 heterocycles. The topological polar surface area (TPSA) is 52.9 Å². The van der Waals surface area contributed by atoms with Gasteiger partial charge < -0.3 is 5.32 Å². The molecule has 0 aliphatic heterocycles. The van der Waals surface area contributed by atoms with Crippen LogP contribution in [0.5, 0.6) is 0 Å². The molecule has 0 saturated carbocycles. The van der Waals surface area contributed by atoms with Crippen LogP contribution in [0.4, 0.5) is 5.00 Å². The largest absolute Gasteiger partial charge is 0.312 e. The van der Waals surface area contributed by atoms with Crippen LogP contribution < -0.4 is 5.32 Å². The summed E-state index contributed by atoms with van der Waals surface area (Å²) >= 11 is 7.69. The van der Waals surface area contributed by atoms with Crippen molar-refractivity contribution in [3.05, 3.63) is 50.4 Å². The van der Waals surface area contributed by atoms with Crippen LogP contribution in [0.3, 0.4) is 0 Å². The minimum absolute atomic E-state index is 0.266. The van der Waals surface area contributed by atoms with Crippen LogP contribution in [0.2, 0.25) is 5.02 Å². The number of amides is 1. The van der Waals surface area contributed by atoms with Gasteiger partial charge in [0.05, 0.1) is 16.1 Å². The highest BCUT2D eigenvalue weighted by molar-refractivity contribution is 7.16. The Balaban J connectivity index is 1.91. The zero-order chi connectivity index (χ0) is 16.6. The maximum Gasteiger partial charge on any atom is 0.257 e. The van der Waals surface area contributed by atoms with Crippen molar-refractivity contribution in [1.82, 2.24) is 0 Å². The Morgan fingerprint density at radius 1 is 1.48 bits per heavy atom. The fourth-order valence-corrected chi connectivity index (χ4v) is 4.61. The van der Waals surface area contributed by atoms with Crippen molar-refractivity contribution >= 4 is 33.8 Å². The van der Waals surface area contributed by atoms with Crippen molar-refractivity contribution in [3.63, 3.8) is 0 Å². The SMILES string of the molecule is Cc1ccc(C(=O)Nc2sc3c(c2C#N)CCC(C)C3)c(Cl)c1. The van der Waals surface area contributed by atoms with Gasteiger partial charge in [0, 0.05) is 4.88 Å². The Hall–Kier alpha value is -1.83. The Morgan fingerprint density at radius 2 is 2.26 bits per heavy atom. The molecule has 0 radical (unpaired) electrons. The maximum atomic E-state index is 12.5. The van der Waals surface area contributed by atoms with Crippen LogP contribution >= 0.6 is 22.9 Å². The highest BCUT2D eigenvalue weighted by Gasteiger charge is 2.25. The van der Waals surface area contributed by atoms with Gasteiger partial charge >= 0.3 is 0 Å². The van der Waals surface area contributed by atoms with Crippen LogP contribution in [0.15, 0.2) is 18.2 Å². The molecule has 118 valence electrons. The lowest BCUT2D eigenvalue weighted by atomic mass is 9.88. The van der Waals surface area contributed by atoms with E-state index in [-0.39, 0.29) is 5.91 Å². The highest BCUT2D eigenvalue weighted by atomic mass is 35.5. The van der Waals surface area contributed by atoms with Gasteiger partial charge in [0.25, 0.3) is 5.91 Å². The molecule has 3 rings (SSSR count). The average Bonchev–Trinajstić information content (AvgIpc) is 2.82. The summed E-state index contributed by atoms with van der Waals surface area (Å²) in [6.07, 6.45) is 2.99. The zero-order valence-electron chi connectivity index (χ0n) is 13.1. The van der Waals surface area contributed by atoms with Gasteiger partial charge in [0.15, 0.2) is 0 Å². The number of hydrogen-bond acceptors (Lipinski definition) is 3. The van der Waals surface area contributed by atoms with Crippen LogP contribution in [0, 0.1) is 24.2 Å². The third-order valence-electron chi connectivity index (χ3n) is 4.22. The van der Waals surface area contributed by atoms with Gasteiger partial charge in [0.2, 0.25) is 0 Å². The summed E-state index contributed by atoms with van der Waals surface area (Å²) in [5.41, 5.74) is 3.17. The fourth-order valence-electron chi connectivity index (χ4n) is 2.93. The van der Waals surface area contributed by atoms with Crippen LogP contribution in [0.1, 0.15) is 45.3 Å². The zero-order valence-corrected chi connectivity index (χ0v) is 14.6. The molecule has 23 heavy (non-hydrogen) atoms. The third kappa shape index (κ3) is 3.12. The number of nitrogens with one attached hydrogen (secondary N) is 1. The molecule has 0 fully saturated rings. The Kier molecular flexibility index (Phi) is 4.43. The van der Waals surface area contributed by atoms with Crippen LogP contribution in [-0.2, 0) is 12.8 Å². The summed E-state index contributed by atoms with van der Waals surface area (Å²) in [6.45, 7) is 4.15. The van der Waals surface area contributed by atoms with Crippen LogP contribution in [0.25, 0.3) is 0 Å². The monoisotopic (exact) mass is 344 g/mol. The van der Waals surface area contributed by atoms with Gasteiger partial charge in [-0.2, -0.15) is 5.26 Å². The minimum Gasteiger partial charge on any atom is -0.312 e. The van der Waals surface area contributed by atoms with Gasteiger partial charge in [-0.15, -0.1) is 11.3 Å². The molecule has 1 N–H and O–H groups in total. The van der Waals surface area contributed by atoms with Crippen LogP contribution in [-0.4, -0.2) is 5.91 Å². The van der Waals surface area contributed by atoms with E-state index in [2.05, 4.69) is 18.3 Å². The molecule has 3 nitrogen and oxygen atoms in total. The molecule has 1 aromatic carbocycles. The third-order valence-corrected chi connectivity index (χ3v) is 5.70. The lowest BCUT2D eigenvalue weighted by Crippen LogP contribution is -2.12. The van der Waals surface area contributed by atoms with E-state index in [0.717, 1.165) is 30.4 Å². The predicted molar refractivity (Wildman–Crippen MR) is 94.4 cm³/mol. The van der Waals surface area contributed by atoms with E-state index in [1.807, 2.05) is 13.0 Å². The number of fused-ring (bicyclic) bond motifs is 1. The molecule has 1 amide bonds. The van der Waals surface area contributed by atoms with Gasteiger partial charge in [-0.05, 0) is 55.4 Å². The molecule has 0 bridgehead atoms. The summed E-state index contributed by atoms with van der Waals surface area (Å²) < 4.78 is 0. The van der Waals surface area contributed by atoms with E-state index in [9.17, 15) is 10.1 Å². The molecular weight excluding hydrogens is 328 g/mol. The first-order valence-corrected chi connectivity index (χ1v) is 8.81. The Morgan fingerprint density at radius 3 is 2.96 bits per heavy atom. The fraction of sp³-hybridized carbons (Fsp3) is 0.333. The first-order chi connectivity index (χ1) is 11.0. The molecule has 1 unspecified atom stereocenters.